The molecule has 1 aromatic rings. The van der Waals surface area contributed by atoms with Crippen LogP contribution in [0.3, 0.4) is 0 Å². The molecule has 27 valence electrons. The van der Waals surface area contributed by atoms with Gasteiger partial charge >= 0.3 is 57.4 Å². The molecule has 0 fully saturated rings. The molecule has 0 aliphatic heterocycles. The minimum atomic E-state index is 0.860. The molecule has 0 nitrogen and oxygen atoms in total. The Hall–Kier alpha value is 0.635. The molecule has 0 aliphatic carbocycles. The molecule has 0 bridgehead atoms. The summed E-state index contributed by atoms with van der Waals surface area (Å²) in [5, 5.41) is 2.13. The van der Waals surface area contributed by atoms with E-state index in [0.717, 1.165) is 26.1 Å². The molecule has 0 N–H and O–H groups in total. The predicted molar refractivity (Wildman–Crippen MR) is 24.0 cm³/mol. The van der Waals surface area contributed by atoms with Gasteiger partial charge in [0.25, 0.3) is 0 Å². The molecule has 0 saturated carbocycles. The van der Waals surface area contributed by atoms with Crippen molar-refractivity contribution in [1.29, 1.82) is 0 Å². The summed E-state index contributed by atoms with van der Waals surface area (Å²) in [7, 11) is 0. The van der Waals surface area contributed by atoms with Crippen LogP contribution in [-0.2, 0) is 26.1 Å². The third-order valence-corrected chi connectivity index (χ3v) is 4.17. The minimum absolute atomic E-state index is 0.860. The molecule has 0 atom stereocenters. The molecule has 1 aromatic heterocycles. The second-order valence-electron chi connectivity index (χ2n) is 1.08. The average molecular weight is 284 g/mol. The summed E-state index contributed by atoms with van der Waals surface area (Å²) in [6.45, 7) is 0. The van der Waals surface area contributed by atoms with E-state index in [1.54, 1.807) is 2.39 Å². The molecule has 0 saturated heterocycles. The van der Waals surface area contributed by atoms with Crippen molar-refractivity contribution >= 4 is 13.7 Å². The summed E-state index contributed by atoms with van der Waals surface area (Å²) in [5.41, 5.74) is 0. The second-order valence-corrected chi connectivity index (χ2v) is 7.07. The van der Waals surface area contributed by atoms with Gasteiger partial charge in [-0.1, -0.05) is 0 Å². The molecule has 0 spiro atoms. The van der Waals surface area contributed by atoms with Crippen molar-refractivity contribution in [2.45, 2.75) is 0 Å². The molecule has 1 rings (SSSR count). The van der Waals surface area contributed by atoms with Gasteiger partial charge in [0, 0.05) is 0 Å². The summed E-state index contributed by atoms with van der Waals surface area (Å²) in [6.07, 6.45) is 0. The van der Waals surface area contributed by atoms with Gasteiger partial charge in [0.1, 0.15) is 0 Å². The van der Waals surface area contributed by atoms with E-state index in [1.807, 2.05) is 11.3 Å². The van der Waals surface area contributed by atoms with E-state index in [-0.39, 0.29) is 0 Å². The monoisotopic (exact) mass is 285 g/mol. The van der Waals surface area contributed by atoms with Crippen molar-refractivity contribution in [3.05, 3.63) is 17.5 Å². The summed E-state index contributed by atoms with van der Waals surface area (Å²) in [6, 6.07) is 4.29. The van der Waals surface area contributed by atoms with E-state index in [0.29, 0.717) is 0 Å². The van der Waals surface area contributed by atoms with E-state index in [2.05, 4.69) is 17.5 Å². The quantitative estimate of drug-likeness (QED) is 0.621. The molecule has 0 unspecified atom stereocenters. The van der Waals surface area contributed by atoms with Crippen molar-refractivity contribution in [2.24, 2.45) is 0 Å². The molecular weight excluding hydrogens is 281 g/mol. The Balaban J connectivity index is 3.05. The van der Waals surface area contributed by atoms with Crippen LogP contribution in [0.2, 0.25) is 0 Å². The van der Waals surface area contributed by atoms with Gasteiger partial charge in [-0.25, -0.2) is 0 Å². The van der Waals surface area contributed by atoms with Crippen LogP contribution in [0.5, 0.6) is 0 Å². The predicted octanol–water partition coefficient (Wildman–Crippen LogP) is 0.920. The Morgan fingerprint density at radius 1 is 1.67 bits per heavy atom. The molecular formula is C4H3HgS. The summed E-state index contributed by atoms with van der Waals surface area (Å²) in [4.78, 5) is 0. The van der Waals surface area contributed by atoms with Crippen LogP contribution in [0.1, 0.15) is 0 Å². The van der Waals surface area contributed by atoms with E-state index in [4.69, 9.17) is 0 Å². The van der Waals surface area contributed by atoms with Crippen molar-refractivity contribution in [3.8, 4) is 0 Å². The Morgan fingerprint density at radius 2 is 2.50 bits per heavy atom. The summed E-state index contributed by atoms with van der Waals surface area (Å²) < 4.78 is 1.58. The Morgan fingerprint density at radius 3 is 2.67 bits per heavy atom. The maximum absolute atomic E-state index is 2.19. The number of hydrogen-bond acceptors (Lipinski definition) is 1. The van der Waals surface area contributed by atoms with Crippen LogP contribution in [0, 0.1) is 0 Å². The zero-order chi connectivity index (χ0) is 4.41. The van der Waals surface area contributed by atoms with Crippen LogP contribution in [-0.4, -0.2) is 0 Å². The van der Waals surface area contributed by atoms with E-state index >= 15 is 0 Å². The molecule has 0 aliphatic rings. The Kier molecular flexibility index (Phi) is 1.66. The molecule has 0 aromatic carbocycles. The van der Waals surface area contributed by atoms with Crippen molar-refractivity contribution in [2.75, 3.05) is 0 Å². The first kappa shape index (κ1) is 4.79. The number of hydrogen-bond donors (Lipinski definition) is 0. The third-order valence-electron chi connectivity index (χ3n) is 0.580. The average Bonchev–Trinajstić information content (AvgIpc) is 1.86. The second kappa shape index (κ2) is 2.08. The molecule has 0 amide bonds. The fraction of sp³-hybridized carbons (Fsp3) is 0. The molecule has 1 heterocycles. The molecule has 2 heteroatoms. The zero-order valence-corrected chi connectivity index (χ0v) is 9.66. The van der Waals surface area contributed by atoms with Crippen LogP contribution >= 0.6 is 11.3 Å². The third kappa shape index (κ3) is 1.05. The van der Waals surface area contributed by atoms with Gasteiger partial charge in [-0.15, -0.1) is 0 Å². The molecule has 6 heavy (non-hydrogen) atoms. The standard InChI is InChI=1S/C4H3S.Hg/c1-2-4-5-3-1;/h1-3H;. The van der Waals surface area contributed by atoms with Gasteiger partial charge < -0.3 is 0 Å². The van der Waals surface area contributed by atoms with Gasteiger partial charge in [0.15, 0.2) is 0 Å². The van der Waals surface area contributed by atoms with E-state index in [9.17, 15) is 0 Å². The van der Waals surface area contributed by atoms with Crippen LogP contribution < -0.4 is 2.39 Å². The van der Waals surface area contributed by atoms with Crippen molar-refractivity contribution in [3.63, 3.8) is 0 Å². The van der Waals surface area contributed by atoms with Gasteiger partial charge in [-0.3, -0.25) is 0 Å². The van der Waals surface area contributed by atoms with Crippen LogP contribution in [0.4, 0.5) is 0 Å². The van der Waals surface area contributed by atoms with Crippen molar-refractivity contribution in [1.82, 2.24) is 0 Å². The van der Waals surface area contributed by atoms with E-state index in [1.165, 1.54) is 0 Å². The number of rotatable bonds is 0. The van der Waals surface area contributed by atoms with Crippen LogP contribution in [0.15, 0.2) is 17.5 Å². The molecule has 0 radical (unpaired) electrons. The first-order valence-electron chi connectivity index (χ1n) is 1.75. The topological polar surface area (TPSA) is 0 Å². The van der Waals surface area contributed by atoms with Crippen LogP contribution in [0.25, 0.3) is 0 Å². The Labute approximate surface area is 57.2 Å². The summed E-state index contributed by atoms with van der Waals surface area (Å²) >= 11 is 2.72. The maximum atomic E-state index is 2.19. The Bertz CT molecular complexity index is 111. The number of thiophene rings is 1. The van der Waals surface area contributed by atoms with Gasteiger partial charge in [0.05, 0.1) is 0 Å². The normalized spacial score (nSPS) is 9.00. The van der Waals surface area contributed by atoms with Gasteiger partial charge in [0.2, 0.25) is 0 Å². The fourth-order valence-electron chi connectivity index (χ4n) is 0.313. The summed E-state index contributed by atoms with van der Waals surface area (Å²) in [5.74, 6) is 0. The fourth-order valence-corrected chi connectivity index (χ4v) is 2.45. The first-order valence-corrected chi connectivity index (χ1v) is 5.38. The van der Waals surface area contributed by atoms with Gasteiger partial charge in [-0.2, -0.15) is 0 Å². The zero-order valence-electron chi connectivity index (χ0n) is 3.35. The van der Waals surface area contributed by atoms with Gasteiger partial charge in [-0.05, 0) is 0 Å². The first-order chi connectivity index (χ1) is 2.89. The van der Waals surface area contributed by atoms with E-state index < -0.39 is 0 Å². The SMILES string of the molecule is [Hg][c]1cccs1. The van der Waals surface area contributed by atoms with Crippen molar-refractivity contribution < 1.29 is 26.1 Å².